The quantitative estimate of drug-likeness (QED) is 0.820. The molecule has 134 valence electrons. The molecule has 0 saturated heterocycles. The lowest BCUT2D eigenvalue weighted by Crippen LogP contribution is -2.44. The van der Waals surface area contributed by atoms with Crippen molar-refractivity contribution in [1.29, 1.82) is 0 Å². The number of nitrogens with one attached hydrogen (secondary N) is 1. The molecule has 0 atom stereocenters. The molecular formula is C16H21F3N2O3. The molecule has 2 rings (SSSR count). The summed E-state index contributed by atoms with van der Waals surface area (Å²) < 4.78 is 38.8. The number of rotatable bonds is 4. The molecule has 0 aliphatic heterocycles. The van der Waals surface area contributed by atoms with Gasteiger partial charge >= 0.3 is 6.18 Å². The van der Waals surface area contributed by atoms with Crippen molar-refractivity contribution in [2.45, 2.75) is 56.8 Å². The van der Waals surface area contributed by atoms with Crippen LogP contribution in [0.3, 0.4) is 0 Å². The highest BCUT2D eigenvalue weighted by Crippen LogP contribution is 2.27. The minimum absolute atomic E-state index is 0.0412. The van der Waals surface area contributed by atoms with E-state index in [9.17, 15) is 27.9 Å². The molecule has 1 heterocycles. The molecule has 1 aliphatic rings. The second-order valence-electron chi connectivity index (χ2n) is 6.27. The third kappa shape index (κ3) is 4.83. The molecule has 0 aromatic carbocycles. The average Bonchev–Trinajstić information content (AvgIpc) is 2.71. The van der Waals surface area contributed by atoms with Gasteiger partial charge in [-0.3, -0.25) is 9.59 Å². The van der Waals surface area contributed by atoms with E-state index in [1.54, 1.807) is 0 Å². The van der Waals surface area contributed by atoms with Gasteiger partial charge in [0.15, 0.2) is 0 Å². The van der Waals surface area contributed by atoms with Gasteiger partial charge in [-0.2, -0.15) is 13.2 Å². The molecule has 5 nitrogen and oxygen atoms in total. The molecule has 1 amide bonds. The molecule has 24 heavy (non-hydrogen) atoms. The molecule has 2 N–H and O–H groups in total. The number of hydrogen-bond donors (Lipinski definition) is 2. The predicted octanol–water partition coefficient (Wildman–Crippen LogP) is 2.07. The third-order valence-electron chi connectivity index (χ3n) is 4.29. The van der Waals surface area contributed by atoms with Crippen LogP contribution in [0.25, 0.3) is 0 Å². The zero-order chi connectivity index (χ0) is 17.8. The summed E-state index contributed by atoms with van der Waals surface area (Å²) in [5, 5.41) is 13.0. The van der Waals surface area contributed by atoms with Crippen molar-refractivity contribution >= 4 is 5.91 Å². The predicted molar refractivity (Wildman–Crippen MR) is 81.4 cm³/mol. The van der Waals surface area contributed by atoms with E-state index in [1.165, 1.54) is 0 Å². The summed E-state index contributed by atoms with van der Waals surface area (Å²) in [6, 6.07) is 1.77. The lowest BCUT2D eigenvalue weighted by atomic mass is 9.94. The first-order valence-corrected chi connectivity index (χ1v) is 7.97. The Morgan fingerprint density at radius 1 is 1.25 bits per heavy atom. The second kappa shape index (κ2) is 7.38. The minimum atomic E-state index is -4.76. The molecule has 1 fully saturated rings. The second-order valence-corrected chi connectivity index (χ2v) is 6.27. The van der Waals surface area contributed by atoms with Crippen LogP contribution in [0.5, 0.6) is 0 Å². The number of carbonyl (C=O) groups excluding carboxylic acids is 1. The van der Waals surface area contributed by atoms with Crippen LogP contribution < -0.4 is 10.9 Å². The number of nitrogens with zero attached hydrogens (tertiary/aromatic N) is 1. The topological polar surface area (TPSA) is 71.3 Å². The highest BCUT2D eigenvalue weighted by molar-refractivity contribution is 5.75. The Balaban J connectivity index is 1.99. The monoisotopic (exact) mass is 346 g/mol. The molecule has 1 saturated carbocycles. The van der Waals surface area contributed by atoms with Crippen molar-refractivity contribution in [3.63, 3.8) is 0 Å². The van der Waals surface area contributed by atoms with Gasteiger partial charge in [-0.15, -0.1) is 0 Å². The molecule has 0 radical (unpaired) electrons. The van der Waals surface area contributed by atoms with E-state index in [4.69, 9.17) is 0 Å². The van der Waals surface area contributed by atoms with Crippen LogP contribution in [0.4, 0.5) is 13.2 Å². The summed E-state index contributed by atoms with van der Waals surface area (Å²) >= 11 is 0. The summed E-state index contributed by atoms with van der Waals surface area (Å²) in [6.07, 6.45) is 1.36. The smallest absolute Gasteiger partial charge is 0.388 e. The number of carbonyl (C=O) groups is 1. The Hall–Kier alpha value is -1.83. The Kier molecular flexibility index (Phi) is 5.69. The normalized spacial score (nSPS) is 18.0. The lowest BCUT2D eigenvalue weighted by Gasteiger charge is -2.26. The number of hydrogen-bond acceptors (Lipinski definition) is 3. The largest absolute Gasteiger partial charge is 0.421 e. The first kappa shape index (κ1) is 18.5. The highest BCUT2D eigenvalue weighted by Gasteiger charge is 2.34. The summed E-state index contributed by atoms with van der Waals surface area (Å²) in [5.74, 6) is -0.603. The number of aromatic nitrogens is 1. The van der Waals surface area contributed by atoms with Gasteiger partial charge in [0.05, 0.1) is 5.60 Å². The maximum atomic E-state index is 12.7. The first-order chi connectivity index (χ1) is 11.2. The number of amides is 1. The van der Waals surface area contributed by atoms with Crippen molar-refractivity contribution in [2.24, 2.45) is 0 Å². The van der Waals surface area contributed by atoms with Crippen LogP contribution >= 0.6 is 0 Å². The molecule has 8 heteroatoms. The fourth-order valence-corrected chi connectivity index (χ4v) is 2.91. The first-order valence-electron chi connectivity index (χ1n) is 7.97. The molecule has 0 bridgehead atoms. The van der Waals surface area contributed by atoms with Crippen molar-refractivity contribution in [3.05, 3.63) is 34.2 Å². The fourth-order valence-electron chi connectivity index (χ4n) is 2.91. The van der Waals surface area contributed by atoms with Gasteiger partial charge < -0.3 is 15.0 Å². The fraction of sp³-hybridized carbons (Fsp3) is 0.625. The number of aliphatic hydroxyl groups is 1. The maximum absolute atomic E-state index is 12.7. The van der Waals surface area contributed by atoms with Crippen LogP contribution in [0.15, 0.2) is 23.1 Å². The van der Waals surface area contributed by atoms with E-state index >= 15 is 0 Å². The minimum Gasteiger partial charge on any atom is -0.388 e. The maximum Gasteiger partial charge on any atom is 0.421 e. The molecule has 0 unspecified atom stereocenters. The number of halogens is 3. The molecule has 1 aliphatic carbocycles. The Labute approximate surface area is 137 Å². The molecular weight excluding hydrogens is 325 g/mol. The van der Waals surface area contributed by atoms with E-state index in [2.05, 4.69) is 5.32 Å². The number of pyridine rings is 1. The summed E-state index contributed by atoms with van der Waals surface area (Å²) in [5.41, 5.74) is -3.54. The molecule has 1 aromatic rings. The van der Waals surface area contributed by atoms with Crippen molar-refractivity contribution in [2.75, 3.05) is 6.54 Å². The van der Waals surface area contributed by atoms with Crippen molar-refractivity contribution in [3.8, 4) is 0 Å². The summed E-state index contributed by atoms with van der Waals surface area (Å²) in [4.78, 5) is 23.7. The van der Waals surface area contributed by atoms with Crippen LogP contribution in [0, 0.1) is 0 Å². The van der Waals surface area contributed by atoms with Crippen molar-refractivity contribution in [1.82, 2.24) is 9.88 Å². The van der Waals surface area contributed by atoms with Gasteiger partial charge in [0.2, 0.25) is 5.91 Å². The summed E-state index contributed by atoms with van der Waals surface area (Å²) in [6.45, 7) is -0.474. The van der Waals surface area contributed by atoms with Gasteiger partial charge in [-0.05, 0) is 25.0 Å². The average molecular weight is 346 g/mol. The van der Waals surface area contributed by atoms with E-state index in [0.29, 0.717) is 18.9 Å². The molecule has 0 spiro atoms. The van der Waals surface area contributed by atoms with Crippen LogP contribution in [-0.2, 0) is 17.5 Å². The van der Waals surface area contributed by atoms with Crippen molar-refractivity contribution < 1.29 is 23.1 Å². The summed E-state index contributed by atoms with van der Waals surface area (Å²) in [7, 11) is 0. The standard InChI is InChI=1S/C16H21F3N2O3/c17-16(18,19)12-6-5-9-21(14(12)23)10-13(22)20-11-15(24)7-3-1-2-4-8-15/h5-6,9,24H,1-4,7-8,10-11H2,(H,20,22). The Morgan fingerprint density at radius 2 is 1.88 bits per heavy atom. The Bertz CT molecular complexity index is 632. The molecule has 1 aromatic heterocycles. The van der Waals surface area contributed by atoms with Gasteiger partial charge in [-0.25, -0.2) is 0 Å². The third-order valence-corrected chi connectivity index (χ3v) is 4.29. The van der Waals surface area contributed by atoms with Crippen LogP contribution in [0.1, 0.15) is 44.1 Å². The van der Waals surface area contributed by atoms with E-state index in [-0.39, 0.29) is 6.54 Å². The zero-order valence-corrected chi connectivity index (χ0v) is 13.2. The van der Waals surface area contributed by atoms with Gasteiger partial charge in [-0.1, -0.05) is 25.7 Å². The lowest BCUT2D eigenvalue weighted by molar-refractivity contribution is -0.139. The van der Waals surface area contributed by atoms with Gasteiger partial charge in [0.25, 0.3) is 5.56 Å². The Morgan fingerprint density at radius 3 is 2.46 bits per heavy atom. The van der Waals surface area contributed by atoms with Gasteiger partial charge in [0, 0.05) is 12.7 Å². The van der Waals surface area contributed by atoms with E-state index < -0.39 is 35.4 Å². The van der Waals surface area contributed by atoms with Crippen LogP contribution in [0.2, 0.25) is 0 Å². The highest BCUT2D eigenvalue weighted by atomic mass is 19.4. The zero-order valence-electron chi connectivity index (χ0n) is 13.2. The number of alkyl halides is 3. The van der Waals surface area contributed by atoms with Gasteiger partial charge in [0.1, 0.15) is 12.1 Å². The SMILES string of the molecule is O=C(Cn1cccc(C(F)(F)F)c1=O)NCC1(O)CCCCCC1. The van der Waals surface area contributed by atoms with E-state index in [1.807, 2.05) is 0 Å². The van der Waals surface area contributed by atoms with Crippen LogP contribution in [-0.4, -0.2) is 27.7 Å². The van der Waals surface area contributed by atoms with E-state index in [0.717, 1.165) is 42.5 Å².